The van der Waals surface area contributed by atoms with Gasteiger partial charge in [-0.3, -0.25) is 4.79 Å². The molecule has 1 atom stereocenters. The molecule has 1 unspecified atom stereocenters. The van der Waals surface area contributed by atoms with Crippen molar-refractivity contribution in [2.75, 3.05) is 26.7 Å². The lowest BCUT2D eigenvalue weighted by molar-refractivity contribution is -0.148. The monoisotopic (exact) mass is 300 g/mol. The minimum atomic E-state index is -0.592. The van der Waals surface area contributed by atoms with E-state index in [1.807, 2.05) is 13.8 Å². The van der Waals surface area contributed by atoms with E-state index >= 15 is 0 Å². The van der Waals surface area contributed by atoms with Crippen molar-refractivity contribution >= 4 is 5.97 Å². The number of carbonyl (C=O) groups is 1. The molecule has 0 rings (SSSR count). The van der Waals surface area contributed by atoms with Crippen molar-refractivity contribution in [1.29, 1.82) is 0 Å². The number of esters is 1. The predicted octanol–water partition coefficient (Wildman–Crippen LogP) is 3.06. The van der Waals surface area contributed by atoms with Crippen LogP contribution in [0.5, 0.6) is 0 Å². The Morgan fingerprint density at radius 2 is 1.81 bits per heavy atom. The maximum atomic E-state index is 12.1. The summed E-state index contributed by atoms with van der Waals surface area (Å²) in [6, 6.07) is 0.593. The molecule has 0 aliphatic rings. The van der Waals surface area contributed by atoms with Gasteiger partial charge in [0.15, 0.2) is 0 Å². The van der Waals surface area contributed by atoms with E-state index in [9.17, 15) is 4.79 Å². The van der Waals surface area contributed by atoms with E-state index in [0.717, 1.165) is 38.9 Å². The van der Waals surface area contributed by atoms with E-state index in [4.69, 9.17) is 4.74 Å². The van der Waals surface area contributed by atoms with Crippen LogP contribution in [-0.4, -0.2) is 49.2 Å². The number of ether oxygens (including phenoxy) is 1. The molecule has 0 saturated carbocycles. The van der Waals surface area contributed by atoms with Crippen LogP contribution in [-0.2, 0) is 9.53 Å². The largest absolute Gasteiger partial charge is 0.468 e. The highest BCUT2D eigenvalue weighted by Gasteiger charge is 2.34. The lowest BCUT2D eigenvalue weighted by Gasteiger charge is -2.35. The van der Waals surface area contributed by atoms with Gasteiger partial charge in [0.2, 0.25) is 0 Å². The number of nitrogens with zero attached hydrogens (tertiary/aromatic N) is 1. The van der Waals surface area contributed by atoms with Crippen LogP contribution in [0.2, 0.25) is 0 Å². The second kappa shape index (κ2) is 10.2. The third-order valence-electron chi connectivity index (χ3n) is 4.16. The van der Waals surface area contributed by atoms with E-state index < -0.39 is 5.54 Å². The van der Waals surface area contributed by atoms with Crippen LogP contribution >= 0.6 is 0 Å². The maximum absolute atomic E-state index is 12.1. The fourth-order valence-corrected chi connectivity index (χ4v) is 2.94. The zero-order valence-corrected chi connectivity index (χ0v) is 15.2. The minimum Gasteiger partial charge on any atom is -0.468 e. The van der Waals surface area contributed by atoms with Crippen molar-refractivity contribution in [2.24, 2.45) is 5.92 Å². The van der Waals surface area contributed by atoms with Crippen LogP contribution in [0.3, 0.4) is 0 Å². The Bertz CT molecular complexity index is 291. The van der Waals surface area contributed by atoms with E-state index in [-0.39, 0.29) is 5.97 Å². The molecule has 0 aromatic rings. The summed E-state index contributed by atoms with van der Waals surface area (Å²) in [4.78, 5) is 14.6. The van der Waals surface area contributed by atoms with Gasteiger partial charge < -0.3 is 15.0 Å². The smallest absolute Gasteiger partial charge is 0.325 e. The molecule has 0 fully saturated rings. The number of likely N-dealkylation sites (N-methyl/N-ethyl adjacent to an activating group) is 1. The number of hydrogen-bond acceptors (Lipinski definition) is 4. The van der Waals surface area contributed by atoms with Gasteiger partial charge in [0.25, 0.3) is 0 Å². The summed E-state index contributed by atoms with van der Waals surface area (Å²) < 4.78 is 4.97. The Morgan fingerprint density at radius 3 is 2.19 bits per heavy atom. The molecular formula is C17H36N2O2. The molecule has 0 saturated heterocycles. The number of nitrogens with one attached hydrogen (secondary N) is 1. The molecule has 21 heavy (non-hydrogen) atoms. The van der Waals surface area contributed by atoms with Gasteiger partial charge in [-0.15, -0.1) is 0 Å². The summed E-state index contributed by atoms with van der Waals surface area (Å²) >= 11 is 0. The highest BCUT2D eigenvalue weighted by molar-refractivity contribution is 5.80. The van der Waals surface area contributed by atoms with Crippen molar-refractivity contribution in [1.82, 2.24) is 10.2 Å². The second-order valence-corrected chi connectivity index (χ2v) is 6.46. The zero-order valence-electron chi connectivity index (χ0n) is 15.2. The summed E-state index contributed by atoms with van der Waals surface area (Å²) in [6.45, 7) is 15.7. The summed E-state index contributed by atoms with van der Waals surface area (Å²) in [5.74, 6) is 0.465. The molecule has 0 heterocycles. The van der Waals surface area contributed by atoms with Gasteiger partial charge in [0.05, 0.1) is 7.11 Å². The molecule has 4 heteroatoms. The van der Waals surface area contributed by atoms with Gasteiger partial charge in [0.1, 0.15) is 5.54 Å². The van der Waals surface area contributed by atoms with Gasteiger partial charge in [0, 0.05) is 19.1 Å². The van der Waals surface area contributed by atoms with Gasteiger partial charge >= 0.3 is 5.97 Å². The molecule has 0 aromatic carbocycles. The van der Waals surface area contributed by atoms with E-state index in [2.05, 4.69) is 37.9 Å². The van der Waals surface area contributed by atoms with E-state index in [1.54, 1.807) is 0 Å². The molecule has 0 aliphatic heterocycles. The summed E-state index contributed by atoms with van der Waals surface area (Å²) in [5, 5.41) is 3.29. The minimum absolute atomic E-state index is 0.168. The molecule has 0 radical (unpaired) electrons. The first-order chi connectivity index (χ1) is 9.84. The third kappa shape index (κ3) is 6.79. The highest BCUT2D eigenvalue weighted by Crippen LogP contribution is 2.17. The quantitative estimate of drug-likeness (QED) is 0.595. The van der Waals surface area contributed by atoms with E-state index in [1.165, 1.54) is 7.11 Å². The van der Waals surface area contributed by atoms with Crippen LogP contribution in [0.25, 0.3) is 0 Å². The normalized spacial score (nSPS) is 14.8. The maximum Gasteiger partial charge on any atom is 0.325 e. The molecule has 4 nitrogen and oxygen atoms in total. The fraction of sp³-hybridized carbons (Fsp3) is 0.941. The van der Waals surface area contributed by atoms with Crippen molar-refractivity contribution in [3.8, 4) is 0 Å². The topological polar surface area (TPSA) is 41.6 Å². The Kier molecular flexibility index (Phi) is 9.88. The molecule has 0 aromatic heterocycles. The first kappa shape index (κ1) is 20.4. The fourth-order valence-electron chi connectivity index (χ4n) is 2.94. The standard InChI is InChI=1S/C17H36N2O2/c1-8-15(9-2)19(13-14(4)5)12-11-17(6,18-10-3)16(20)21-7/h14-15,18H,8-13H2,1-7H3. The Labute approximate surface area is 131 Å². The lowest BCUT2D eigenvalue weighted by Crippen LogP contribution is -2.52. The summed E-state index contributed by atoms with van der Waals surface area (Å²) in [6.07, 6.45) is 3.08. The average Bonchev–Trinajstić information content (AvgIpc) is 2.44. The van der Waals surface area contributed by atoms with Gasteiger partial charge in [-0.25, -0.2) is 0 Å². The SMILES string of the molecule is CCNC(C)(CCN(CC(C)C)C(CC)CC)C(=O)OC. The molecular weight excluding hydrogens is 264 g/mol. The van der Waals surface area contributed by atoms with Crippen LogP contribution in [0, 0.1) is 5.92 Å². The van der Waals surface area contributed by atoms with Crippen LogP contribution < -0.4 is 5.32 Å². The van der Waals surface area contributed by atoms with Crippen LogP contribution in [0.4, 0.5) is 0 Å². The Balaban J connectivity index is 4.85. The molecule has 0 bridgehead atoms. The predicted molar refractivity (Wildman–Crippen MR) is 89.5 cm³/mol. The number of rotatable bonds is 11. The molecule has 0 aliphatic carbocycles. The van der Waals surface area contributed by atoms with Gasteiger partial charge in [-0.05, 0) is 38.6 Å². The number of methoxy groups -OCH3 is 1. The summed E-state index contributed by atoms with van der Waals surface area (Å²) in [7, 11) is 1.46. The Hall–Kier alpha value is -0.610. The number of carbonyl (C=O) groups excluding carboxylic acids is 1. The van der Waals surface area contributed by atoms with Crippen molar-refractivity contribution in [3.05, 3.63) is 0 Å². The third-order valence-corrected chi connectivity index (χ3v) is 4.16. The average molecular weight is 300 g/mol. The first-order valence-corrected chi connectivity index (χ1v) is 8.42. The molecule has 126 valence electrons. The van der Waals surface area contributed by atoms with Crippen molar-refractivity contribution < 1.29 is 9.53 Å². The number of hydrogen-bond donors (Lipinski definition) is 1. The lowest BCUT2D eigenvalue weighted by atomic mass is 9.96. The van der Waals surface area contributed by atoms with Gasteiger partial charge in [-0.1, -0.05) is 34.6 Å². The van der Waals surface area contributed by atoms with Crippen LogP contribution in [0.15, 0.2) is 0 Å². The Morgan fingerprint density at radius 1 is 1.24 bits per heavy atom. The van der Waals surface area contributed by atoms with E-state index in [0.29, 0.717) is 12.0 Å². The molecule has 0 spiro atoms. The van der Waals surface area contributed by atoms with Crippen molar-refractivity contribution in [2.45, 2.75) is 72.4 Å². The first-order valence-electron chi connectivity index (χ1n) is 8.42. The van der Waals surface area contributed by atoms with Crippen LogP contribution in [0.1, 0.15) is 60.8 Å². The van der Waals surface area contributed by atoms with Gasteiger partial charge in [-0.2, -0.15) is 0 Å². The molecule has 1 N–H and O–H groups in total. The zero-order chi connectivity index (χ0) is 16.5. The molecule has 0 amide bonds. The summed E-state index contributed by atoms with van der Waals surface area (Å²) in [5.41, 5.74) is -0.592. The second-order valence-electron chi connectivity index (χ2n) is 6.46. The highest BCUT2D eigenvalue weighted by atomic mass is 16.5. The van der Waals surface area contributed by atoms with Crippen molar-refractivity contribution in [3.63, 3.8) is 0 Å².